The number of anilines is 2. The minimum absolute atomic E-state index is 0.168. The molecule has 0 saturated heterocycles. The number of fused-ring (bicyclic) bond motifs is 1. The van der Waals surface area contributed by atoms with Crippen LogP contribution in [-0.2, 0) is 13.0 Å². The molecular formula is C19H25N7O2. The van der Waals surface area contributed by atoms with Crippen LogP contribution in [0.1, 0.15) is 37.3 Å². The topological polar surface area (TPSA) is 114 Å². The van der Waals surface area contributed by atoms with Crippen LogP contribution >= 0.6 is 0 Å². The molecule has 0 unspecified atom stereocenters. The highest BCUT2D eigenvalue weighted by atomic mass is 16.5. The predicted molar refractivity (Wildman–Crippen MR) is 105 cm³/mol. The van der Waals surface area contributed by atoms with Crippen molar-refractivity contribution in [2.24, 2.45) is 5.92 Å². The Labute approximate surface area is 163 Å². The second kappa shape index (κ2) is 7.97. The van der Waals surface area contributed by atoms with E-state index in [0.29, 0.717) is 18.4 Å². The van der Waals surface area contributed by atoms with Gasteiger partial charge in [0.25, 0.3) is 0 Å². The second-order valence-electron chi connectivity index (χ2n) is 7.18. The summed E-state index contributed by atoms with van der Waals surface area (Å²) < 4.78 is 2.47. The summed E-state index contributed by atoms with van der Waals surface area (Å²) in [7, 11) is 0. The normalized spacial score (nSPS) is 19.2. The Morgan fingerprint density at radius 2 is 2.25 bits per heavy atom. The SMILES string of the molecule is CCc1cnn2c(NCc3ccc[n+]([O-])c3)nc(N[C@H]3CCC[C@H]3CO)nc12. The second-order valence-corrected chi connectivity index (χ2v) is 7.18. The van der Waals surface area contributed by atoms with Gasteiger partial charge in [-0.3, -0.25) is 0 Å². The summed E-state index contributed by atoms with van der Waals surface area (Å²) in [6.45, 7) is 2.68. The zero-order valence-electron chi connectivity index (χ0n) is 15.9. The highest BCUT2D eigenvalue weighted by Gasteiger charge is 2.27. The van der Waals surface area contributed by atoms with Crippen molar-refractivity contribution in [3.63, 3.8) is 0 Å². The van der Waals surface area contributed by atoms with E-state index in [1.165, 1.54) is 12.4 Å². The Bertz CT molecular complexity index is 959. The molecule has 148 valence electrons. The molecule has 1 aliphatic carbocycles. The van der Waals surface area contributed by atoms with E-state index in [2.05, 4.69) is 32.6 Å². The minimum Gasteiger partial charge on any atom is -0.619 e. The monoisotopic (exact) mass is 383 g/mol. The summed E-state index contributed by atoms with van der Waals surface area (Å²) in [6, 6.07) is 3.76. The van der Waals surface area contributed by atoms with Gasteiger partial charge in [-0.15, -0.1) is 0 Å². The van der Waals surface area contributed by atoms with Crippen molar-refractivity contribution in [2.45, 2.75) is 45.2 Å². The van der Waals surface area contributed by atoms with Gasteiger partial charge in [0.2, 0.25) is 11.9 Å². The third kappa shape index (κ3) is 3.70. The molecule has 0 amide bonds. The fraction of sp³-hybridized carbons (Fsp3) is 0.474. The van der Waals surface area contributed by atoms with Crippen molar-refractivity contribution in [1.29, 1.82) is 0 Å². The first-order chi connectivity index (χ1) is 13.7. The summed E-state index contributed by atoms with van der Waals surface area (Å²) in [6.07, 6.45) is 8.69. The lowest BCUT2D eigenvalue weighted by atomic mass is 10.1. The Kier molecular flexibility index (Phi) is 5.25. The van der Waals surface area contributed by atoms with Gasteiger partial charge in [0.1, 0.15) is 0 Å². The van der Waals surface area contributed by atoms with Gasteiger partial charge >= 0.3 is 0 Å². The lowest BCUT2D eigenvalue weighted by molar-refractivity contribution is -0.605. The van der Waals surface area contributed by atoms with E-state index in [4.69, 9.17) is 0 Å². The average molecular weight is 383 g/mol. The molecule has 28 heavy (non-hydrogen) atoms. The molecule has 0 aromatic carbocycles. The molecule has 9 heteroatoms. The summed E-state index contributed by atoms with van der Waals surface area (Å²) in [5.74, 6) is 1.32. The lowest BCUT2D eigenvalue weighted by Gasteiger charge is -2.19. The summed E-state index contributed by atoms with van der Waals surface area (Å²) in [4.78, 5) is 9.29. The molecule has 3 aromatic rings. The quantitative estimate of drug-likeness (QED) is 0.418. The van der Waals surface area contributed by atoms with Crippen LogP contribution in [0.4, 0.5) is 11.9 Å². The number of nitrogens with zero attached hydrogens (tertiary/aromatic N) is 5. The van der Waals surface area contributed by atoms with Crippen molar-refractivity contribution in [2.75, 3.05) is 17.2 Å². The van der Waals surface area contributed by atoms with Crippen LogP contribution in [0.3, 0.4) is 0 Å². The molecule has 3 aromatic heterocycles. The van der Waals surface area contributed by atoms with Crippen LogP contribution in [0, 0.1) is 11.1 Å². The van der Waals surface area contributed by atoms with E-state index in [9.17, 15) is 10.3 Å². The fourth-order valence-electron chi connectivity index (χ4n) is 3.75. The molecule has 3 heterocycles. The zero-order valence-corrected chi connectivity index (χ0v) is 15.9. The van der Waals surface area contributed by atoms with Crippen LogP contribution in [0.5, 0.6) is 0 Å². The number of hydrogen-bond donors (Lipinski definition) is 3. The van der Waals surface area contributed by atoms with Crippen molar-refractivity contribution in [1.82, 2.24) is 19.6 Å². The number of hydrogen-bond acceptors (Lipinski definition) is 7. The van der Waals surface area contributed by atoms with Crippen LogP contribution in [-0.4, -0.2) is 37.3 Å². The van der Waals surface area contributed by atoms with Gasteiger partial charge in [0.15, 0.2) is 18.0 Å². The Hall–Kier alpha value is -2.94. The number of aliphatic hydroxyl groups excluding tert-OH is 1. The highest BCUT2D eigenvalue weighted by Crippen LogP contribution is 2.28. The first kappa shape index (κ1) is 18.4. The van der Waals surface area contributed by atoms with Gasteiger partial charge in [0, 0.05) is 42.3 Å². The first-order valence-corrected chi connectivity index (χ1v) is 9.71. The standard InChI is InChI=1S/C19H25N7O2/c1-2-14-10-21-26-17(14)23-18(22-16-7-3-6-15(16)12-27)24-19(26)20-9-13-5-4-8-25(28)11-13/h4-5,8,10-11,15-16,27H,2-3,6-7,9,12H2,1H3,(H2,20,22,23,24)/t15-,16-/m0/s1. The average Bonchev–Trinajstić information content (AvgIpc) is 3.32. The molecule has 3 N–H and O–H groups in total. The molecule has 4 rings (SSSR count). The van der Waals surface area contributed by atoms with Crippen molar-refractivity contribution in [3.05, 3.63) is 47.1 Å². The number of aliphatic hydroxyl groups is 1. The summed E-state index contributed by atoms with van der Waals surface area (Å²) >= 11 is 0. The number of pyridine rings is 1. The van der Waals surface area contributed by atoms with Gasteiger partial charge in [0.05, 0.1) is 6.20 Å². The number of rotatable bonds is 7. The van der Waals surface area contributed by atoms with E-state index in [-0.39, 0.29) is 18.6 Å². The molecule has 2 atom stereocenters. The smallest absolute Gasteiger partial charge is 0.229 e. The molecule has 0 spiro atoms. The fourth-order valence-corrected chi connectivity index (χ4v) is 3.75. The van der Waals surface area contributed by atoms with E-state index in [1.54, 1.807) is 16.8 Å². The molecule has 0 aliphatic heterocycles. The van der Waals surface area contributed by atoms with Gasteiger partial charge in [-0.05, 0) is 25.3 Å². The van der Waals surface area contributed by atoms with E-state index in [1.807, 2.05) is 6.07 Å². The molecule has 0 bridgehead atoms. The maximum atomic E-state index is 11.5. The molecule has 0 radical (unpaired) electrons. The maximum Gasteiger partial charge on any atom is 0.229 e. The van der Waals surface area contributed by atoms with E-state index < -0.39 is 0 Å². The Morgan fingerprint density at radius 1 is 1.36 bits per heavy atom. The highest BCUT2D eigenvalue weighted by molar-refractivity contribution is 5.54. The van der Waals surface area contributed by atoms with Crippen molar-refractivity contribution < 1.29 is 9.84 Å². The van der Waals surface area contributed by atoms with Crippen molar-refractivity contribution >= 4 is 17.5 Å². The summed E-state index contributed by atoms with van der Waals surface area (Å²) in [5.41, 5.74) is 2.64. The van der Waals surface area contributed by atoms with Crippen LogP contribution in [0.2, 0.25) is 0 Å². The Morgan fingerprint density at radius 3 is 3.04 bits per heavy atom. The number of nitrogens with one attached hydrogen (secondary N) is 2. The van der Waals surface area contributed by atoms with Gasteiger partial charge in [-0.1, -0.05) is 13.3 Å². The lowest BCUT2D eigenvalue weighted by Crippen LogP contribution is -2.28. The predicted octanol–water partition coefficient (Wildman–Crippen LogP) is 1.51. The largest absolute Gasteiger partial charge is 0.619 e. The minimum atomic E-state index is 0.168. The zero-order chi connectivity index (χ0) is 19.5. The summed E-state index contributed by atoms with van der Waals surface area (Å²) in [5, 5.41) is 32.2. The third-order valence-electron chi connectivity index (χ3n) is 5.32. The van der Waals surface area contributed by atoms with Crippen LogP contribution in [0.15, 0.2) is 30.7 Å². The molecule has 1 aliphatic rings. The molecule has 9 nitrogen and oxygen atoms in total. The molecular weight excluding hydrogens is 358 g/mol. The van der Waals surface area contributed by atoms with Gasteiger partial charge in [-0.2, -0.15) is 24.3 Å². The molecule has 1 fully saturated rings. The van der Waals surface area contributed by atoms with Gasteiger partial charge < -0.3 is 20.9 Å². The number of aromatic nitrogens is 5. The maximum absolute atomic E-state index is 11.5. The van der Waals surface area contributed by atoms with Crippen molar-refractivity contribution in [3.8, 4) is 0 Å². The van der Waals surface area contributed by atoms with Crippen LogP contribution < -0.4 is 15.4 Å². The van der Waals surface area contributed by atoms with Crippen LogP contribution in [0.25, 0.3) is 5.65 Å². The Balaban J connectivity index is 1.63. The number of aryl methyl sites for hydroxylation is 1. The van der Waals surface area contributed by atoms with Gasteiger partial charge in [-0.25, -0.2) is 0 Å². The van der Waals surface area contributed by atoms with E-state index in [0.717, 1.165) is 47.2 Å². The first-order valence-electron chi connectivity index (χ1n) is 9.71. The molecule has 1 saturated carbocycles. The van der Waals surface area contributed by atoms with E-state index >= 15 is 0 Å². The third-order valence-corrected chi connectivity index (χ3v) is 5.32.